The second kappa shape index (κ2) is 2.83. The van der Waals surface area contributed by atoms with E-state index >= 15 is 0 Å². The normalized spacial score (nSPS) is 34.6. The van der Waals surface area contributed by atoms with Crippen molar-refractivity contribution in [2.75, 3.05) is 0 Å². The molecule has 0 heterocycles. The lowest BCUT2D eigenvalue weighted by Crippen LogP contribution is -2.28. The van der Waals surface area contributed by atoms with Gasteiger partial charge in [-0.3, -0.25) is 0 Å². The number of rotatable bonds is 0. The van der Waals surface area contributed by atoms with E-state index in [0.717, 1.165) is 12.8 Å². The molecule has 1 nitrogen and oxygen atoms in total. The van der Waals surface area contributed by atoms with E-state index in [1.807, 2.05) is 13.0 Å². The van der Waals surface area contributed by atoms with Crippen LogP contribution in [0.2, 0.25) is 0 Å². The van der Waals surface area contributed by atoms with Gasteiger partial charge in [0, 0.05) is 6.42 Å². The summed E-state index contributed by atoms with van der Waals surface area (Å²) in [4.78, 5) is 0. The molecule has 0 fully saturated rings. The summed E-state index contributed by atoms with van der Waals surface area (Å²) < 4.78 is 0. The van der Waals surface area contributed by atoms with Crippen LogP contribution in [0.5, 0.6) is 0 Å². The van der Waals surface area contributed by atoms with E-state index in [1.165, 1.54) is 11.1 Å². The maximum absolute atomic E-state index is 9.93. The Morgan fingerprint density at radius 3 is 2.64 bits per heavy atom. The Balaban J connectivity index is 2.41. The Kier molecular flexibility index (Phi) is 1.97. The summed E-state index contributed by atoms with van der Waals surface area (Å²) in [6.45, 7) is 6.38. The molecule has 0 aliphatic heterocycles. The fourth-order valence-electron chi connectivity index (χ4n) is 2.32. The smallest absolute Gasteiger partial charge is 0.0843 e. The first-order valence-corrected chi connectivity index (χ1v) is 5.23. The highest BCUT2D eigenvalue weighted by Crippen LogP contribution is 2.42. The predicted octanol–water partition coefficient (Wildman–Crippen LogP) is 2.98. The van der Waals surface area contributed by atoms with Gasteiger partial charge in [-0.05, 0) is 29.9 Å². The minimum absolute atomic E-state index is 0.233. The maximum Gasteiger partial charge on any atom is 0.0843 e. The minimum Gasteiger partial charge on any atom is -0.386 e. The van der Waals surface area contributed by atoms with Crippen LogP contribution in [0.3, 0.4) is 0 Å². The number of aliphatic hydroxyl groups is 1. The molecule has 0 aromatic rings. The van der Waals surface area contributed by atoms with Crippen LogP contribution in [-0.2, 0) is 0 Å². The molecule has 2 aliphatic carbocycles. The Bertz CT molecular complexity index is 340. The molecular weight excluding hydrogens is 172 g/mol. The summed E-state index contributed by atoms with van der Waals surface area (Å²) in [5, 5.41) is 9.93. The zero-order chi connectivity index (χ0) is 10.4. The lowest BCUT2D eigenvalue weighted by Gasteiger charge is -2.36. The van der Waals surface area contributed by atoms with Crippen LogP contribution in [0.25, 0.3) is 0 Å². The Hall–Kier alpha value is -0.820. The third kappa shape index (κ3) is 1.57. The van der Waals surface area contributed by atoms with Gasteiger partial charge in [0.25, 0.3) is 0 Å². The van der Waals surface area contributed by atoms with E-state index in [4.69, 9.17) is 0 Å². The Labute approximate surface area is 85.8 Å². The van der Waals surface area contributed by atoms with Gasteiger partial charge in [0.15, 0.2) is 0 Å². The van der Waals surface area contributed by atoms with Gasteiger partial charge in [-0.1, -0.05) is 38.2 Å². The van der Waals surface area contributed by atoms with Crippen LogP contribution in [-0.4, -0.2) is 10.7 Å². The van der Waals surface area contributed by atoms with Crippen molar-refractivity contribution < 1.29 is 5.11 Å². The van der Waals surface area contributed by atoms with Crippen molar-refractivity contribution in [1.82, 2.24) is 0 Å². The standard InChI is InChI=1S/C13H18O/c1-12(2)7-4-5-10-9-13(3,14)8-6-11(10)12/h4-6,8,14H,7,9H2,1-3H3. The molecule has 1 heteroatoms. The van der Waals surface area contributed by atoms with E-state index in [1.54, 1.807) is 0 Å². The molecule has 0 spiro atoms. The lowest BCUT2D eigenvalue weighted by atomic mass is 9.71. The summed E-state index contributed by atoms with van der Waals surface area (Å²) in [7, 11) is 0. The summed E-state index contributed by atoms with van der Waals surface area (Å²) >= 11 is 0. The molecule has 76 valence electrons. The van der Waals surface area contributed by atoms with Gasteiger partial charge in [0.2, 0.25) is 0 Å². The summed E-state index contributed by atoms with van der Waals surface area (Å²) in [5.41, 5.74) is 2.27. The van der Waals surface area contributed by atoms with Crippen molar-refractivity contribution in [3.63, 3.8) is 0 Å². The van der Waals surface area contributed by atoms with Crippen molar-refractivity contribution in [3.05, 3.63) is 35.5 Å². The van der Waals surface area contributed by atoms with Crippen molar-refractivity contribution >= 4 is 0 Å². The number of allylic oxidation sites excluding steroid dienone is 4. The highest BCUT2D eigenvalue weighted by Gasteiger charge is 2.31. The second-order valence-electron chi connectivity index (χ2n) is 5.30. The fourth-order valence-corrected chi connectivity index (χ4v) is 2.32. The van der Waals surface area contributed by atoms with Crippen molar-refractivity contribution in [3.8, 4) is 0 Å². The molecule has 14 heavy (non-hydrogen) atoms. The van der Waals surface area contributed by atoms with E-state index < -0.39 is 5.60 Å². The maximum atomic E-state index is 9.93. The van der Waals surface area contributed by atoms with Crippen LogP contribution < -0.4 is 0 Å². The monoisotopic (exact) mass is 190 g/mol. The molecule has 1 N–H and O–H groups in total. The summed E-state index contributed by atoms with van der Waals surface area (Å²) in [5.74, 6) is 0. The van der Waals surface area contributed by atoms with Crippen LogP contribution in [0.1, 0.15) is 33.6 Å². The Morgan fingerprint density at radius 1 is 1.21 bits per heavy atom. The van der Waals surface area contributed by atoms with Crippen molar-refractivity contribution in [2.45, 2.75) is 39.2 Å². The minimum atomic E-state index is -0.656. The predicted molar refractivity (Wildman–Crippen MR) is 58.9 cm³/mol. The first-order valence-electron chi connectivity index (χ1n) is 5.23. The van der Waals surface area contributed by atoms with Gasteiger partial charge in [-0.15, -0.1) is 0 Å². The molecular formula is C13H18O. The van der Waals surface area contributed by atoms with E-state index in [2.05, 4.69) is 32.1 Å². The lowest BCUT2D eigenvalue weighted by molar-refractivity contribution is 0.110. The van der Waals surface area contributed by atoms with Gasteiger partial charge < -0.3 is 5.11 Å². The molecule has 2 rings (SSSR count). The third-order valence-corrected chi connectivity index (χ3v) is 3.18. The molecule has 0 saturated carbocycles. The third-order valence-electron chi connectivity index (χ3n) is 3.18. The Morgan fingerprint density at radius 2 is 1.93 bits per heavy atom. The van der Waals surface area contributed by atoms with Crippen LogP contribution in [0.15, 0.2) is 35.5 Å². The topological polar surface area (TPSA) is 20.2 Å². The average molecular weight is 190 g/mol. The molecule has 0 aromatic carbocycles. The molecule has 1 atom stereocenters. The number of hydrogen-bond donors (Lipinski definition) is 1. The first-order chi connectivity index (χ1) is 6.41. The molecule has 1 unspecified atom stereocenters. The summed E-state index contributed by atoms with van der Waals surface area (Å²) in [6.07, 6.45) is 10.2. The van der Waals surface area contributed by atoms with Crippen molar-refractivity contribution in [2.24, 2.45) is 5.41 Å². The average Bonchev–Trinajstić information content (AvgIpc) is 2.00. The summed E-state index contributed by atoms with van der Waals surface area (Å²) in [6, 6.07) is 0. The SMILES string of the molecule is CC1(O)C=CC2=C(C=CCC2(C)C)C1. The molecule has 0 bridgehead atoms. The van der Waals surface area contributed by atoms with Gasteiger partial charge in [-0.25, -0.2) is 0 Å². The first kappa shape index (κ1) is 9.72. The van der Waals surface area contributed by atoms with E-state index in [-0.39, 0.29) is 5.41 Å². The highest BCUT2D eigenvalue weighted by molar-refractivity contribution is 5.45. The fraction of sp³-hybridized carbons (Fsp3) is 0.538. The van der Waals surface area contributed by atoms with Crippen LogP contribution in [0.4, 0.5) is 0 Å². The van der Waals surface area contributed by atoms with Crippen molar-refractivity contribution in [1.29, 1.82) is 0 Å². The number of hydrogen-bond acceptors (Lipinski definition) is 1. The highest BCUT2D eigenvalue weighted by atomic mass is 16.3. The molecule has 0 amide bonds. The zero-order valence-electron chi connectivity index (χ0n) is 9.17. The van der Waals surface area contributed by atoms with Gasteiger partial charge >= 0.3 is 0 Å². The molecule has 0 saturated heterocycles. The van der Waals surface area contributed by atoms with Gasteiger partial charge in [-0.2, -0.15) is 0 Å². The zero-order valence-corrected chi connectivity index (χ0v) is 9.17. The van der Waals surface area contributed by atoms with Crippen LogP contribution in [0, 0.1) is 5.41 Å². The van der Waals surface area contributed by atoms with Crippen LogP contribution >= 0.6 is 0 Å². The molecule has 0 aromatic heterocycles. The van der Waals surface area contributed by atoms with Gasteiger partial charge in [0.1, 0.15) is 0 Å². The second-order valence-corrected chi connectivity index (χ2v) is 5.30. The van der Waals surface area contributed by atoms with Gasteiger partial charge in [0.05, 0.1) is 5.60 Å². The quantitative estimate of drug-likeness (QED) is 0.622. The largest absolute Gasteiger partial charge is 0.386 e. The van der Waals surface area contributed by atoms with E-state index in [9.17, 15) is 5.11 Å². The molecule has 0 radical (unpaired) electrons. The molecule has 2 aliphatic rings. The van der Waals surface area contributed by atoms with E-state index in [0.29, 0.717) is 0 Å².